The molecule has 3 rings (SSSR count). The van der Waals surface area contributed by atoms with E-state index in [1.54, 1.807) is 24.4 Å². The molecule has 1 aliphatic rings. The average Bonchev–Trinajstić information content (AvgIpc) is 2.52. The van der Waals surface area contributed by atoms with E-state index in [0.29, 0.717) is 23.9 Å². The zero-order valence-corrected chi connectivity index (χ0v) is 15.8. The second-order valence-electron chi connectivity index (χ2n) is 5.75. The lowest BCUT2D eigenvalue weighted by atomic mass is 10.1. The summed E-state index contributed by atoms with van der Waals surface area (Å²) in [6.07, 6.45) is 3.47. The summed E-state index contributed by atoms with van der Waals surface area (Å²) in [7, 11) is -3.45. The van der Waals surface area contributed by atoms with E-state index < -0.39 is 10.0 Å². The maximum absolute atomic E-state index is 12.6. The number of aryl methyl sites for hydroxylation is 1. The van der Waals surface area contributed by atoms with Gasteiger partial charge in [-0.1, -0.05) is 25.5 Å². The van der Waals surface area contributed by atoms with Gasteiger partial charge >= 0.3 is 0 Å². The molecular formula is C17H19BrN2O3S. The van der Waals surface area contributed by atoms with Gasteiger partial charge in [0.05, 0.1) is 22.5 Å². The van der Waals surface area contributed by atoms with Crippen LogP contribution in [0.4, 0.5) is 0 Å². The minimum Gasteiger partial charge on any atom is -0.471 e. The smallest absolute Gasteiger partial charge is 0.243 e. The van der Waals surface area contributed by atoms with Crippen LogP contribution < -0.4 is 4.74 Å². The molecule has 0 amide bonds. The summed E-state index contributed by atoms with van der Waals surface area (Å²) in [4.78, 5) is 4.47. The Morgan fingerprint density at radius 2 is 1.96 bits per heavy atom. The van der Waals surface area contributed by atoms with Crippen molar-refractivity contribution >= 4 is 26.0 Å². The molecule has 1 aromatic heterocycles. The first kappa shape index (κ1) is 17.4. The van der Waals surface area contributed by atoms with Crippen molar-refractivity contribution in [2.45, 2.75) is 30.8 Å². The third-order valence-corrected chi connectivity index (χ3v) is 6.37. The first-order valence-electron chi connectivity index (χ1n) is 7.87. The van der Waals surface area contributed by atoms with Crippen molar-refractivity contribution in [3.05, 3.63) is 52.6 Å². The van der Waals surface area contributed by atoms with E-state index in [4.69, 9.17) is 4.74 Å². The molecule has 128 valence electrons. The molecule has 2 heterocycles. The minimum absolute atomic E-state index is 0.176. The number of ether oxygens (including phenoxy) is 1. The second kappa shape index (κ2) is 7.21. The molecule has 0 radical (unpaired) electrons. The number of hydrogen-bond acceptors (Lipinski definition) is 4. The lowest BCUT2D eigenvalue weighted by Gasteiger charge is -2.37. The van der Waals surface area contributed by atoms with Gasteiger partial charge < -0.3 is 4.74 Å². The van der Waals surface area contributed by atoms with Gasteiger partial charge in [-0.2, -0.15) is 4.31 Å². The molecule has 1 fully saturated rings. The van der Waals surface area contributed by atoms with Gasteiger partial charge in [-0.3, -0.25) is 0 Å². The zero-order chi connectivity index (χ0) is 17.2. The van der Waals surface area contributed by atoms with Gasteiger partial charge in [0.25, 0.3) is 0 Å². The van der Waals surface area contributed by atoms with Crippen LogP contribution in [0.25, 0.3) is 0 Å². The number of hydrogen-bond donors (Lipinski definition) is 0. The quantitative estimate of drug-likeness (QED) is 0.732. The number of aromatic nitrogens is 1. The Morgan fingerprint density at radius 3 is 2.58 bits per heavy atom. The summed E-state index contributed by atoms with van der Waals surface area (Å²) >= 11 is 3.37. The monoisotopic (exact) mass is 410 g/mol. The van der Waals surface area contributed by atoms with Crippen molar-refractivity contribution in [1.82, 2.24) is 9.29 Å². The van der Waals surface area contributed by atoms with E-state index in [9.17, 15) is 8.42 Å². The third kappa shape index (κ3) is 3.63. The van der Waals surface area contributed by atoms with Gasteiger partial charge in [0.2, 0.25) is 15.9 Å². The standard InChI is InChI=1S/C17H19BrN2O3S/c1-2-4-13-6-8-15(9-7-13)24(21,22)20-11-14(12-20)23-17-16(18)5-3-10-19-17/h3,5-10,14H,2,4,11-12H2,1H3. The molecule has 24 heavy (non-hydrogen) atoms. The van der Waals surface area contributed by atoms with Gasteiger partial charge in [-0.15, -0.1) is 0 Å². The van der Waals surface area contributed by atoms with Gasteiger partial charge in [0.15, 0.2) is 0 Å². The minimum atomic E-state index is -3.45. The normalized spacial score (nSPS) is 15.9. The first-order valence-corrected chi connectivity index (χ1v) is 10.1. The van der Waals surface area contributed by atoms with E-state index in [-0.39, 0.29) is 6.10 Å². The van der Waals surface area contributed by atoms with E-state index in [1.807, 2.05) is 18.2 Å². The fourth-order valence-electron chi connectivity index (χ4n) is 2.55. The summed E-state index contributed by atoms with van der Waals surface area (Å²) in [5.41, 5.74) is 1.15. The highest BCUT2D eigenvalue weighted by Gasteiger charge is 2.38. The largest absolute Gasteiger partial charge is 0.471 e. The second-order valence-corrected chi connectivity index (χ2v) is 8.54. The molecule has 1 aromatic carbocycles. The Bertz CT molecular complexity index is 803. The number of nitrogens with zero attached hydrogens (tertiary/aromatic N) is 2. The third-order valence-electron chi connectivity index (χ3n) is 3.92. The highest BCUT2D eigenvalue weighted by Crippen LogP contribution is 2.27. The molecular weight excluding hydrogens is 392 g/mol. The molecule has 1 aliphatic heterocycles. The molecule has 0 bridgehead atoms. The van der Waals surface area contributed by atoms with E-state index >= 15 is 0 Å². The number of sulfonamides is 1. The average molecular weight is 411 g/mol. The first-order chi connectivity index (χ1) is 11.5. The van der Waals surface area contributed by atoms with Gasteiger partial charge in [-0.05, 0) is 52.2 Å². The van der Waals surface area contributed by atoms with E-state index in [1.165, 1.54) is 4.31 Å². The van der Waals surface area contributed by atoms with E-state index in [2.05, 4.69) is 27.8 Å². The van der Waals surface area contributed by atoms with Crippen LogP contribution in [0.2, 0.25) is 0 Å². The van der Waals surface area contributed by atoms with Crippen molar-refractivity contribution in [3.63, 3.8) is 0 Å². The van der Waals surface area contributed by atoms with Crippen molar-refractivity contribution in [2.24, 2.45) is 0 Å². The summed E-state index contributed by atoms with van der Waals surface area (Å²) in [6.45, 7) is 2.77. The summed E-state index contributed by atoms with van der Waals surface area (Å²) < 4.78 is 33.1. The molecule has 0 spiro atoms. The Hall–Kier alpha value is -1.44. The summed E-state index contributed by atoms with van der Waals surface area (Å²) in [5, 5.41) is 0. The van der Waals surface area contributed by atoms with E-state index in [0.717, 1.165) is 22.9 Å². The number of halogens is 1. The Morgan fingerprint density at radius 1 is 1.25 bits per heavy atom. The van der Waals surface area contributed by atoms with Crippen LogP contribution in [0.3, 0.4) is 0 Å². The predicted molar refractivity (Wildman–Crippen MR) is 95.5 cm³/mol. The Balaban J connectivity index is 1.63. The number of benzene rings is 1. The Kier molecular flexibility index (Phi) is 5.22. The van der Waals surface area contributed by atoms with Crippen molar-refractivity contribution < 1.29 is 13.2 Å². The van der Waals surface area contributed by atoms with Crippen LogP contribution in [-0.4, -0.2) is 36.9 Å². The molecule has 0 saturated carbocycles. The molecule has 2 aromatic rings. The predicted octanol–water partition coefficient (Wildman–Crippen LogP) is 3.25. The number of pyridine rings is 1. The van der Waals surface area contributed by atoms with Crippen LogP contribution in [-0.2, 0) is 16.4 Å². The lowest BCUT2D eigenvalue weighted by molar-refractivity contribution is 0.0713. The molecule has 1 saturated heterocycles. The molecule has 0 N–H and O–H groups in total. The lowest BCUT2D eigenvalue weighted by Crippen LogP contribution is -2.56. The summed E-state index contributed by atoms with van der Waals surface area (Å²) in [5.74, 6) is 0.489. The highest BCUT2D eigenvalue weighted by atomic mass is 79.9. The molecule has 0 atom stereocenters. The fourth-order valence-corrected chi connectivity index (χ4v) is 4.40. The summed E-state index contributed by atoms with van der Waals surface area (Å²) in [6, 6.07) is 10.8. The number of rotatable bonds is 6. The van der Waals surface area contributed by atoms with Gasteiger partial charge in [-0.25, -0.2) is 13.4 Å². The van der Waals surface area contributed by atoms with Crippen molar-refractivity contribution in [1.29, 1.82) is 0 Å². The zero-order valence-electron chi connectivity index (χ0n) is 13.4. The molecule has 0 unspecified atom stereocenters. The van der Waals surface area contributed by atoms with Crippen LogP contribution in [0, 0.1) is 0 Å². The van der Waals surface area contributed by atoms with Crippen LogP contribution >= 0.6 is 15.9 Å². The van der Waals surface area contributed by atoms with Gasteiger partial charge in [0, 0.05) is 6.20 Å². The van der Waals surface area contributed by atoms with Crippen LogP contribution in [0.5, 0.6) is 5.88 Å². The van der Waals surface area contributed by atoms with Crippen molar-refractivity contribution in [3.8, 4) is 5.88 Å². The maximum Gasteiger partial charge on any atom is 0.243 e. The van der Waals surface area contributed by atoms with Crippen molar-refractivity contribution in [2.75, 3.05) is 13.1 Å². The molecule has 7 heteroatoms. The fraction of sp³-hybridized carbons (Fsp3) is 0.353. The highest BCUT2D eigenvalue weighted by molar-refractivity contribution is 9.10. The molecule has 0 aliphatic carbocycles. The molecule has 5 nitrogen and oxygen atoms in total. The van der Waals surface area contributed by atoms with Crippen LogP contribution in [0.15, 0.2) is 52.0 Å². The SMILES string of the molecule is CCCc1ccc(S(=O)(=O)N2CC(Oc3ncccc3Br)C2)cc1. The van der Waals surface area contributed by atoms with Crippen LogP contribution in [0.1, 0.15) is 18.9 Å². The topological polar surface area (TPSA) is 59.5 Å². The van der Waals surface area contributed by atoms with Gasteiger partial charge in [0.1, 0.15) is 6.10 Å². The Labute approximate surface area is 150 Å². The maximum atomic E-state index is 12.6.